The van der Waals surface area contributed by atoms with Crippen LogP contribution in [0, 0.1) is 0 Å². The molecule has 0 bridgehead atoms. The molecule has 2 aromatic heterocycles. The summed E-state index contributed by atoms with van der Waals surface area (Å²) in [5.41, 5.74) is 0.763. The summed E-state index contributed by atoms with van der Waals surface area (Å²) in [6.07, 6.45) is 4.51. The van der Waals surface area contributed by atoms with Crippen LogP contribution in [0.3, 0.4) is 0 Å². The van der Waals surface area contributed by atoms with Gasteiger partial charge in [0.15, 0.2) is 0 Å². The summed E-state index contributed by atoms with van der Waals surface area (Å²) in [5.74, 6) is 0.0655. The molecule has 0 atom stereocenters. The van der Waals surface area contributed by atoms with E-state index in [1.165, 1.54) is 24.3 Å². The molecule has 0 aliphatic rings. The topological polar surface area (TPSA) is 113 Å². The van der Waals surface area contributed by atoms with Gasteiger partial charge in [-0.1, -0.05) is 44.3 Å². The van der Waals surface area contributed by atoms with Crippen LogP contribution < -0.4 is 26.8 Å². The van der Waals surface area contributed by atoms with Crippen LogP contribution >= 0.6 is 0 Å². The molecule has 1 aromatic carbocycles. The van der Waals surface area contributed by atoms with E-state index in [-0.39, 0.29) is 54.6 Å². The van der Waals surface area contributed by atoms with Crippen molar-refractivity contribution in [2.75, 3.05) is 0 Å². The maximum absolute atomic E-state index is 12.3. The number of phenols is 1. The summed E-state index contributed by atoms with van der Waals surface area (Å²) in [6.45, 7) is 6.05. The molecular formula is C19H19N4O3Y-. The molecule has 8 heteroatoms. The van der Waals surface area contributed by atoms with Crippen LogP contribution in [0.15, 0.2) is 40.2 Å². The molecule has 3 aromatic rings. The quantitative estimate of drug-likeness (QED) is 0.522. The van der Waals surface area contributed by atoms with Crippen molar-refractivity contribution in [2.24, 2.45) is 0 Å². The van der Waals surface area contributed by atoms with E-state index in [0.717, 1.165) is 5.69 Å². The number of phenolic OH excluding ortho intramolecular Hbond substituents is 1. The Kier molecular flexibility index (Phi) is 6.39. The van der Waals surface area contributed by atoms with E-state index in [1.54, 1.807) is 18.5 Å². The van der Waals surface area contributed by atoms with E-state index >= 15 is 0 Å². The molecule has 137 valence electrons. The van der Waals surface area contributed by atoms with Crippen LogP contribution in [0.1, 0.15) is 37.7 Å². The zero-order valence-electron chi connectivity index (χ0n) is 15.3. The van der Waals surface area contributed by atoms with Crippen LogP contribution in [0.5, 0.6) is 5.75 Å². The van der Waals surface area contributed by atoms with Crippen LogP contribution in [-0.2, 0) is 38.1 Å². The van der Waals surface area contributed by atoms with Gasteiger partial charge in [0, 0.05) is 43.8 Å². The first-order valence-corrected chi connectivity index (χ1v) is 8.08. The zero-order valence-corrected chi connectivity index (χ0v) is 18.1. The number of aromatic amines is 2. The molecule has 3 rings (SSSR count). The summed E-state index contributed by atoms with van der Waals surface area (Å²) >= 11 is 0. The molecule has 0 unspecified atom stereocenters. The Labute approximate surface area is 180 Å². The van der Waals surface area contributed by atoms with Crippen molar-refractivity contribution < 1.29 is 37.8 Å². The third-order valence-corrected chi connectivity index (χ3v) is 3.81. The van der Waals surface area contributed by atoms with Gasteiger partial charge >= 0.3 is 0 Å². The SMILES string of the molecule is CC(C)(C)c1[nH]cnc1/C=c1\[nH]c(=O)/c(=C/c2cccc(O)c2)[n-]c1=O.[Y]. The van der Waals surface area contributed by atoms with Crippen molar-refractivity contribution in [2.45, 2.75) is 26.2 Å². The third kappa shape index (κ3) is 4.93. The minimum atomic E-state index is -0.557. The number of aromatic nitrogens is 4. The maximum atomic E-state index is 12.3. The zero-order chi connectivity index (χ0) is 18.9. The number of nitrogens with zero attached hydrogens (tertiary/aromatic N) is 2. The van der Waals surface area contributed by atoms with E-state index < -0.39 is 11.1 Å². The summed E-state index contributed by atoms with van der Waals surface area (Å²) in [6, 6.07) is 6.33. The van der Waals surface area contributed by atoms with Gasteiger partial charge < -0.3 is 24.9 Å². The van der Waals surface area contributed by atoms with Gasteiger partial charge in [-0.05, 0) is 23.8 Å². The fraction of sp³-hybridized carbons (Fsp3) is 0.211. The first kappa shape index (κ1) is 21.1. The average molecular weight is 440 g/mol. The van der Waals surface area contributed by atoms with Gasteiger partial charge in [0.25, 0.3) is 0 Å². The second kappa shape index (κ2) is 8.19. The Morgan fingerprint density at radius 1 is 1.19 bits per heavy atom. The number of hydrogen-bond acceptors (Lipinski definition) is 4. The number of benzene rings is 1. The smallest absolute Gasteiger partial charge is 0.233 e. The number of H-pyrrole nitrogens is 2. The average Bonchev–Trinajstić information content (AvgIpc) is 3.01. The van der Waals surface area contributed by atoms with Crippen LogP contribution in [0.4, 0.5) is 0 Å². The van der Waals surface area contributed by atoms with Gasteiger partial charge in [-0.3, -0.25) is 4.79 Å². The maximum Gasteiger partial charge on any atom is 0.233 e. The first-order chi connectivity index (χ1) is 12.2. The fourth-order valence-electron chi connectivity index (χ4n) is 2.58. The van der Waals surface area contributed by atoms with E-state index in [4.69, 9.17) is 0 Å². The number of hydrogen-bond donors (Lipinski definition) is 3. The van der Waals surface area contributed by atoms with Crippen molar-refractivity contribution in [1.29, 1.82) is 0 Å². The van der Waals surface area contributed by atoms with Crippen LogP contribution in [0.2, 0.25) is 0 Å². The van der Waals surface area contributed by atoms with Crippen molar-refractivity contribution in [3.05, 3.63) is 78.9 Å². The molecule has 0 aliphatic heterocycles. The fourth-order valence-corrected chi connectivity index (χ4v) is 2.58. The molecule has 7 nitrogen and oxygen atoms in total. The Balaban J connectivity index is 0.00000261. The largest absolute Gasteiger partial charge is 0.617 e. The van der Waals surface area contributed by atoms with E-state index in [0.29, 0.717) is 11.3 Å². The second-order valence-electron chi connectivity index (χ2n) is 6.97. The van der Waals surface area contributed by atoms with Gasteiger partial charge in [0.1, 0.15) is 11.3 Å². The van der Waals surface area contributed by atoms with Gasteiger partial charge in [0.05, 0.1) is 17.4 Å². The molecule has 0 spiro atoms. The molecule has 2 heterocycles. The second-order valence-corrected chi connectivity index (χ2v) is 6.97. The summed E-state index contributed by atoms with van der Waals surface area (Å²) in [5, 5.41) is 9.54. The molecule has 0 fully saturated rings. The van der Waals surface area contributed by atoms with Crippen molar-refractivity contribution in [1.82, 2.24) is 19.9 Å². The van der Waals surface area contributed by atoms with E-state index in [1.807, 2.05) is 20.8 Å². The monoisotopic (exact) mass is 440 g/mol. The third-order valence-electron chi connectivity index (χ3n) is 3.81. The molecule has 0 amide bonds. The van der Waals surface area contributed by atoms with Crippen molar-refractivity contribution >= 4 is 12.2 Å². The minimum absolute atomic E-state index is 0. The molecule has 0 saturated heterocycles. The van der Waals surface area contributed by atoms with E-state index in [9.17, 15) is 14.7 Å². The number of aromatic hydroxyl groups is 1. The molecular weight excluding hydrogens is 421 g/mol. The normalized spacial score (nSPS) is 12.9. The molecule has 1 radical (unpaired) electrons. The summed E-state index contributed by atoms with van der Waals surface area (Å²) in [7, 11) is 0. The van der Waals surface area contributed by atoms with Gasteiger partial charge in [-0.25, -0.2) is 4.98 Å². The van der Waals surface area contributed by atoms with E-state index in [2.05, 4.69) is 19.9 Å². The summed E-state index contributed by atoms with van der Waals surface area (Å²) in [4.78, 5) is 38.3. The predicted molar refractivity (Wildman–Crippen MR) is 98.4 cm³/mol. The molecule has 27 heavy (non-hydrogen) atoms. The molecule has 0 saturated carbocycles. The predicted octanol–water partition coefficient (Wildman–Crippen LogP) is 0.0736. The Hall–Kier alpha value is -2.25. The number of rotatable bonds is 2. The van der Waals surface area contributed by atoms with Crippen molar-refractivity contribution in [3.8, 4) is 5.75 Å². The van der Waals surface area contributed by atoms with Gasteiger partial charge in [0.2, 0.25) is 5.56 Å². The Bertz CT molecular complexity index is 1180. The van der Waals surface area contributed by atoms with Gasteiger partial charge in [-0.15, -0.1) is 0 Å². The summed E-state index contributed by atoms with van der Waals surface area (Å²) < 4.78 is 0. The molecule has 0 aliphatic carbocycles. The van der Waals surface area contributed by atoms with Crippen LogP contribution in [-0.4, -0.2) is 20.1 Å². The van der Waals surface area contributed by atoms with Crippen molar-refractivity contribution in [3.63, 3.8) is 0 Å². The number of nitrogens with one attached hydrogen (secondary N) is 2. The Morgan fingerprint density at radius 2 is 1.93 bits per heavy atom. The number of imidazole rings is 1. The Morgan fingerprint density at radius 3 is 2.59 bits per heavy atom. The minimum Gasteiger partial charge on any atom is -0.617 e. The standard InChI is InChI=1S/C19H20N4O3.Y/c1-19(2,3)16-13(20-10-21-16)9-15-18(26)22-14(17(25)23-15)8-11-5-4-6-12(24)7-11;/h4-10H,1-3H3,(H4,20,21,22,23,24,25,26);/p-1/b14-8-;. The van der Waals surface area contributed by atoms with Crippen LogP contribution in [0.25, 0.3) is 12.2 Å². The van der Waals surface area contributed by atoms with Gasteiger partial charge in [-0.2, -0.15) is 0 Å². The molecule has 3 N–H and O–H groups in total. The first-order valence-electron chi connectivity index (χ1n) is 8.08.